The first-order valence-corrected chi connectivity index (χ1v) is 10.4. The van der Waals surface area contributed by atoms with Crippen LogP contribution in [-0.2, 0) is 19.4 Å². The topological polar surface area (TPSA) is 64.1 Å². The number of benzene rings is 2. The molecule has 0 aromatic heterocycles. The molecule has 0 saturated carbocycles. The van der Waals surface area contributed by atoms with Gasteiger partial charge in [-0.25, -0.2) is 0 Å². The van der Waals surface area contributed by atoms with Crippen LogP contribution in [-0.4, -0.2) is 39.4 Å². The molecular formula is C22H26ClN3O3. The van der Waals surface area contributed by atoms with E-state index in [0.717, 1.165) is 49.7 Å². The summed E-state index contributed by atoms with van der Waals surface area (Å²) < 4.78 is 17.0. The van der Waals surface area contributed by atoms with E-state index in [9.17, 15) is 0 Å². The summed E-state index contributed by atoms with van der Waals surface area (Å²) in [6.07, 6.45) is 2.77. The lowest BCUT2D eigenvalue weighted by molar-refractivity contribution is 0.297. The van der Waals surface area contributed by atoms with Crippen LogP contribution in [0.2, 0.25) is 5.02 Å². The minimum Gasteiger partial charge on any atom is -0.493 e. The second-order valence-electron chi connectivity index (χ2n) is 7.10. The molecule has 0 amide bonds. The molecule has 2 aromatic carbocycles. The van der Waals surface area contributed by atoms with Gasteiger partial charge in [0.25, 0.3) is 0 Å². The molecule has 0 radical (unpaired) electrons. The van der Waals surface area contributed by atoms with Crippen molar-refractivity contribution >= 4 is 17.6 Å². The zero-order valence-corrected chi connectivity index (χ0v) is 17.3. The van der Waals surface area contributed by atoms with Crippen molar-refractivity contribution in [2.45, 2.75) is 25.8 Å². The number of rotatable bonds is 5. The second-order valence-corrected chi connectivity index (χ2v) is 7.51. The third kappa shape index (κ3) is 4.88. The molecule has 0 atom stereocenters. The quantitative estimate of drug-likeness (QED) is 0.579. The summed E-state index contributed by atoms with van der Waals surface area (Å²) in [5.74, 6) is 3.11. The highest BCUT2D eigenvalue weighted by atomic mass is 35.5. The molecule has 0 bridgehead atoms. The van der Waals surface area contributed by atoms with Crippen LogP contribution >= 0.6 is 11.6 Å². The Hall–Kier alpha value is -2.60. The predicted octanol–water partition coefficient (Wildman–Crippen LogP) is 3.34. The van der Waals surface area contributed by atoms with Crippen LogP contribution in [0, 0.1) is 0 Å². The Morgan fingerprint density at radius 1 is 1.00 bits per heavy atom. The first-order chi connectivity index (χ1) is 14.2. The summed E-state index contributed by atoms with van der Waals surface area (Å²) >= 11 is 6.37. The van der Waals surface area contributed by atoms with Crippen molar-refractivity contribution in [3.63, 3.8) is 0 Å². The average Bonchev–Trinajstić information content (AvgIpc) is 3.06. The summed E-state index contributed by atoms with van der Waals surface area (Å²) in [5, 5.41) is 7.26. The standard InChI is InChI=1S/C22H26ClN3O3/c1-24-22(25-7-5-15-3-4-19-17(11-15)6-10-28-19)26-14-16-12-18(23)21-20(13-16)27-8-2-9-29-21/h3-4,11-13H,2,5-10,14H2,1H3,(H2,24,25,26). The van der Waals surface area contributed by atoms with E-state index in [1.54, 1.807) is 7.05 Å². The zero-order valence-electron chi connectivity index (χ0n) is 16.6. The van der Waals surface area contributed by atoms with Crippen molar-refractivity contribution in [1.82, 2.24) is 10.6 Å². The van der Waals surface area contributed by atoms with Gasteiger partial charge in [0.05, 0.1) is 24.8 Å². The van der Waals surface area contributed by atoms with Gasteiger partial charge in [0.2, 0.25) is 0 Å². The number of fused-ring (bicyclic) bond motifs is 2. The lowest BCUT2D eigenvalue weighted by atomic mass is 10.1. The summed E-state index contributed by atoms with van der Waals surface area (Å²) in [5.41, 5.74) is 3.61. The Bertz CT molecular complexity index is 901. The highest BCUT2D eigenvalue weighted by molar-refractivity contribution is 6.32. The van der Waals surface area contributed by atoms with Crippen molar-refractivity contribution in [2.24, 2.45) is 4.99 Å². The maximum Gasteiger partial charge on any atom is 0.191 e. The summed E-state index contributed by atoms with van der Waals surface area (Å²) in [6.45, 7) is 3.43. The van der Waals surface area contributed by atoms with Crippen molar-refractivity contribution in [3.05, 3.63) is 52.0 Å². The van der Waals surface area contributed by atoms with Gasteiger partial charge in [0.1, 0.15) is 5.75 Å². The monoisotopic (exact) mass is 415 g/mol. The van der Waals surface area contributed by atoms with Crippen LogP contribution in [0.3, 0.4) is 0 Å². The maximum atomic E-state index is 6.37. The van der Waals surface area contributed by atoms with E-state index in [1.807, 2.05) is 12.1 Å². The van der Waals surface area contributed by atoms with E-state index < -0.39 is 0 Å². The SMILES string of the molecule is CN=C(NCCc1ccc2c(c1)CCO2)NCc1cc(Cl)c2c(c1)OCCCO2. The molecule has 2 N–H and O–H groups in total. The lowest BCUT2D eigenvalue weighted by Crippen LogP contribution is -2.37. The normalized spacial score (nSPS) is 15.3. The summed E-state index contributed by atoms with van der Waals surface area (Å²) in [7, 11) is 1.77. The van der Waals surface area contributed by atoms with E-state index in [1.165, 1.54) is 11.1 Å². The van der Waals surface area contributed by atoms with Gasteiger partial charge in [0, 0.05) is 33.0 Å². The Kier molecular flexibility index (Phi) is 6.30. The van der Waals surface area contributed by atoms with Gasteiger partial charge in [-0.15, -0.1) is 0 Å². The molecule has 0 unspecified atom stereocenters. The molecule has 154 valence electrons. The minimum atomic E-state index is 0.574. The molecule has 0 spiro atoms. The van der Waals surface area contributed by atoms with E-state index in [4.69, 9.17) is 25.8 Å². The first-order valence-electron chi connectivity index (χ1n) is 10.00. The van der Waals surface area contributed by atoms with Crippen molar-refractivity contribution < 1.29 is 14.2 Å². The minimum absolute atomic E-state index is 0.574. The second kappa shape index (κ2) is 9.27. The van der Waals surface area contributed by atoms with E-state index >= 15 is 0 Å². The lowest BCUT2D eigenvalue weighted by Gasteiger charge is -2.14. The van der Waals surface area contributed by atoms with Crippen LogP contribution in [0.15, 0.2) is 35.3 Å². The highest BCUT2D eigenvalue weighted by Crippen LogP contribution is 2.37. The van der Waals surface area contributed by atoms with E-state index in [-0.39, 0.29) is 0 Å². The third-order valence-corrected chi connectivity index (χ3v) is 5.29. The predicted molar refractivity (Wildman–Crippen MR) is 115 cm³/mol. The fourth-order valence-corrected chi connectivity index (χ4v) is 3.80. The molecule has 0 aliphatic carbocycles. The van der Waals surface area contributed by atoms with Gasteiger partial charge >= 0.3 is 0 Å². The molecule has 6 nitrogen and oxygen atoms in total. The molecule has 2 heterocycles. The van der Waals surface area contributed by atoms with Gasteiger partial charge in [-0.1, -0.05) is 23.7 Å². The molecule has 29 heavy (non-hydrogen) atoms. The third-order valence-electron chi connectivity index (χ3n) is 5.01. The summed E-state index contributed by atoms with van der Waals surface area (Å²) in [4.78, 5) is 4.30. The van der Waals surface area contributed by atoms with Crippen LogP contribution in [0.4, 0.5) is 0 Å². The molecular weight excluding hydrogens is 390 g/mol. The number of hydrogen-bond donors (Lipinski definition) is 2. The van der Waals surface area contributed by atoms with Crippen LogP contribution in [0.1, 0.15) is 23.1 Å². The van der Waals surface area contributed by atoms with Crippen molar-refractivity contribution in [3.8, 4) is 17.2 Å². The van der Waals surface area contributed by atoms with Crippen molar-refractivity contribution in [1.29, 1.82) is 0 Å². The Labute approximate surface area is 176 Å². The number of guanidine groups is 1. The molecule has 2 aliphatic heterocycles. The van der Waals surface area contributed by atoms with Gasteiger partial charge < -0.3 is 24.8 Å². The summed E-state index contributed by atoms with van der Waals surface area (Å²) in [6, 6.07) is 10.3. The Balaban J connectivity index is 1.29. The first kappa shape index (κ1) is 19.7. The highest BCUT2D eigenvalue weighted by Gasteiger charge is 2.16. The molecule has 7 heteroatoms. The molecule has 0 fully saturated rings. The van der Waals surface area contributed by atoms with E-state index in [0.29, 0.717) is 36.3 Å². The van der Waals surface area contributed by atoms with Crippen LogP contribution in [0.25, 0.3) is 0 Å². The largest absolute Gasteiger partial charge is 0.493 e. The van der Waals surface area contributed by atoms with Gasteiger partial charge in [-0.05, 0) is 41.3 Å². The smallest absolute Gasteiger partial charge is 0.191 e. The zero-order chi connectivity index (χ0) is 20.1. The fourth-order valence-electron chi connectivity index (χ4n) is 3.51. The number of ether oxygens (including phenoxy) is 3. The Morgan fingerprint density at radius 3 is 2.76 bits per heavy atom. The van der Waals surface area contributed by atoms with Gasteiger partial charge in [-0.2, -0.15) is 0 Å². The maximum absolute atomic E-state index is 6.37. The number of halogens is 1. The average molecular weight is 416 g/mol. The number of aliphatic imine (C=N–C) groups is 1. The van der Waals surface area contributed by atoms with Crippen LogP contribution in [0.5, 0.6) is 17.2 Å². The van der Waals surface area contributed by atoms with Crippen LogP contribution < -0.4 is 24.8 Å². The molecule has 0 saturated heterocycles. The molecule has 4 rings (SSSR count). The number of hydrogen-bond acceptors (Lipinski definition) is 4. The number of nitrogens with one attached hydrogen (secondary N) is 2. The number of nitrogens with zero attached hydrogens (tertiary/aromatic N) is 1. The van der Waals surface area contributed by atoms with E-state index in [2.05, 4.69) is 33.8 Å². The molecule has 2 aliphatic rings. The van der Waals surface area contributed by atoms with Crippen molar-refractivity contribution in [2.75, 3.05) is 33.4 Å². The van der Waals surface area contributed by atoms with Gasteiger partial charge in [-0.3, -0.25) is 4.99 Å². The van der Waals surface area contributed by atoms with Gasteiger partial charge in [0.15, 0.2) is 17.5 Å². The molecule has 2 aromatic rings. The fraction of sp³-hybridized carbons (Fsp3) is 0.409. The Morgan fingerprint density at radius 2 is 1.86 bits per heavy atom.